The number of amides is 1. The zero-order valence-electron chi connectivity index (χ0n) is 9.04. The van der Waals surface area contributed by atoms with Gasteiger partial charge in [0.05, 0.1) is 11.3 Å². The van der Waals surface area contributed by atoms with Crippen LogP contribution in [0.5, 0.6) is 0 Å². The summed E-state index contributed by atoms with van der Waals surface area (Å²) in [6.45, 7) is 0. The number of rotatable bonds is 1. The highest BCUT2D eigenvalue weighted by atomic mass is 35.5. The molecule has 0 unspecified atom stereocenters. The summed E-state index contributed by atoms with van der Waals surface area (Å²) in [6, 6.07) is 8.58. The standard InChI is InChI=1S/C13H7Cl2NO2/c14-7-1-3-9-10(13(17)16-11(9)5-7)6-8-2-4-12(15)18-8/h1-6H,(H,16,17)/b10-6-. The van der Waals surface area contributed by atoms with Crippen LogP contribution < -0.4 is 5.32 Å². The highest BCUT2D eigenvalue weighted by Crippen LogP contribution is 2.35. The van der Waals surface area contributed by atoms with Gasteiger partial charge in [0.2, 0.25) is 0 Å². The fraction of sp³-hybridized carbons (Fsp3) is 0. The maximum Gasteiger partial charge on any atom is 0.256 e. The Morgan fingerprint density at radius 3 is 2.72 bits per heavy atom. The number of fused-ring (bicyclic) bond motifs is 1. The highest BCUT2D eigenvalue weighted by molar-refractivity contribution is 6.36. The molecule has 0 bridgehead atoms. The molecule has 2 heterocycles. The Morgan fingerprint density at radius 1 is 1.17 bits per heavy atom. The van der Waals surface area contributed by atoms with E-state index < -0.39 is 0 Å². The monoisotopic (exact) mass is 279 g/mol. The van der Waals surface area contributed by atoms with E-state index in [2.05, 4.69) is 5.32 Å². The van der Waals surface area contributed by atoms with E-state index in [-0.39, 0.29) is 11.1 Å². The molecule has 0 atom stereocenters. The SMILES string of the molecule is O=C1Nc2cc(Cl)ccc2/C1=C/c1ccc(Cl)o1. The first kappa shape index (κ1) is 11.4. The van der Waals surface area contributed by atoms with E-state index in [0.717, 1.165) is 5.56 Å². The van der Waals surface area contributed by atoms with Gasteiger partial charge in [-0.1, -0.05) is 17.7 Å². The Balaban J connectivity index is 2.09. The summed E-state index contributed by atoms with van der Waals surface area (Å²) in [6.07, 6.45) is 1.65. The summed E-state index contributed by atoms with van der Waals surface area (Å²) >= 11 is 11.6. The number of nitrogens with one attached hydrogen (secondary N) is 1. The van der Waals surface area contributed by atoms with Crippen LogP contribution >= 0.6 is 23.2 Å². The number of benzene rings is 1. The summed E-state index contributed by atoms with van der Waals surface area (Å²) in [5, 5.41) is 3.62. The second kappa shape index (κ2) is 4.19. The molecule has 90 valence electrons. The van der Waals surface area contributed by atoms with Gasteiger partial charge in [-0.05, 0) is 41.9 Å². The molecule has 3 rings (SSSR count). The predicted octanol–water partition coefficient (Wildman–Crippen LogP) is 4.08. The normalized spacial score (nSPS) is 15.9. The fourth-order valence-corrected chi connectivity index (χ4v) is 2.18. The Hall–Kier alpha value is -1.71. The summed E-state index contributed by atoms with van der Waals surface area (Å²) in [4.78, 5) is 11.9. The molecule has 1 aromatic carbocycles. The quantitative estimate of drug-likeness (QED) is 0.800. The molecule has 1 aliphatic heterocycles. The lowest BCUT2D eigenvalue weighted by atomic mass is 10.1. The molecule has 3 nitrogen and oxygen atoms in total. The lowest BCUT2D eigenvalue weighted by Crippen LogP contribution is -2.03. The molecule has 0 saturated heterocycles. The van der Waals surface area contributed by atoms with Gasteiger partial charge in [-0.15, -0.1) is 0 Å². The van der Waals surface area contributed by atoms with E-state index >= 15 is 0 Å². The average molecular weight is 280 g/mol. The minimum Gasteiger partial charge on any atom is -0.445 e. The van der Waals surface area contributed by atoms with Crippen LogP contribution in [0.1, 0.15) is 11.3 Å². The van der Waals surface area contributed by atoms with Crippen LogP contribution in [0.4, 0.5) is 5.69 Å². The largest absolute Gasteiger partial charge is 0.445 e. The molecule has 0 fully saturated rings. The average Bonchev–Trinajstić information content (AvgIpc) is 2.84. The topological polar surface area (TPSA) is 42.2 Å². The number of carbonyl (C=O) groups is 1. The Morgan fingerprint density at radius 2 is 2.00 bits per heavy atom. The predicted molar refractivity (Wildman–Crippen MR) is 71.7 cm³/mol. The van der Waals surface area contributed by atoms with Gasteiger partial charge < -0.3 is 9.73 Å². The number of furan rings is 1. The number of carbonyl (C=O) groups excluding carboxylic acids is 1. The van der Waals surface area contributed by atoms with Crippen molar-refractivity contribution in [1.82, 2.24) is 0 Å². The fourth-order valence-electron chi connectivity index (χ4n) is 1.86. The minimum atomic E-state index is -0.181. The highest BCUT2D eigenvalue weighted by Gasteiger charge is 2.24. The van der Waals surface area contributed by atoms with Crippen LogP contribution in [-0.4, -0.2) is 5.91 Å². The lowest BCUT2D eigenvalue weighted by Gasteiger charge is -1.97. The second-order valence-electron chi connectivity index (χ2n) is 3.84. The third kappa shape index (κ3) is 1.92. The Bertz CT molecular complexity index is 673. The molecular formula is C13H7Cl2NO2. The van der Waals surface area contributed by atoms with Crippen molar-refractivity contribution in [2.75, 3.05) is 5.32 Å². The van der Waals surface area contributed by atoms with Crippen molar-refractivity contribution in [2.45, 2.75) is 0 Å². The van der Waals surface area contributed by atoms with E-state index in [1.807, 2.05) is 0 Å². The number of hydrogen-bond acceptors (Lipinski definition) is 2. The van der Waals surface area contributed by atoms with Crippen molar-refractivity contribution in [3.8, 4) is 0 Å². The molecule has 1 aromatic heterocycles. The zero-order valence-corrected chi connectivity index (χ0v) is 10.5. The first-order valence-electron chi connectivity index (χ1n) is 5.22. The van der Waals surface area contributed by atoms with Gasteiger partial charge in [0.25, 0.3) is 5.91 Å². The molecule has 0 spiro atoms. The maximum atomic E-state index is 11.9. The third-order valence-corrected chi connectivity index (χ3v) is 3.08. The summed E-state index contributed by atoms with van der Waals surface area (Å²) in [5.41, 5.74) is 2.04. The number of halogens is 2. The van der Waals surface area contributed by atoms with Crippen molar-refractivity contribution in [3.63, 3.8) is 0 Å². The molecular weight excluding hydrogens is 273 g/mol. The molecule has 0 radical (unpaired) electrons. The van der Waals surface area contributed by atoms with Gasteiger partial charge in [-0.2, -0.15) is 0 Å². The van der Waals surface area contributed by atoms with Gasteiger partial charge in [-0.3, -0.25) is 4.79 Å². The van der Waals surface area contributed by atoms with Crippen LogP contribution in [0.25, 0.3) is 11.6 Å². The third-order valence-electron chi connectivity index (χ3n) is 2.65. The summed E-state index contributed by atoms with van der Waals surface area (Å²) in [7, 11) is 0. The van der Waals surface area contributed by atoms with Gasteiger partial charge in [0.15, 0.2) is 5.22 Å². The zero-order chi connectivity index (χ0) is 12.7. The van der Waals surface area contributed by atoms with Gasteiger partial charge in [-0.25, -0.2) is 0 Å². The van der Waals surface area contributed by atoms with Crippen LogP contribution in [-0.2, 0) is 4.79 Å². The maximum absolute atomic E-state index is 11.9. The van der Waals surface area contributed by atoms with Gasteiger partial charge in [0.1, 0.15) is 5.76 Å². The van der Waals surface area contributed by atoms with Crippen molar-refractivity contribution >= 4 is 46.4 Å². The molecule has 1 amide bonds. The lowest BCUT2D eigenvalue weighted by molar-refractivity contribution is -0.110. The number of hydrogen-bond donors (Lipinski definition) is 1. The molecule has 2 aromatic rings. The summed E-state index contributed by atoms with van der Waals surface area (Å²) < 4.78 is 5.22. The van der Waals surface area contributed by atoms with Crippen LogP contribution in [0.2, 0.25) is 10.2 Å². The Kier molecular flexibility index (Phi) is 2.65. The molecule has 1 N–H and O–H groups in total. The van der Waals surface area contributed by atoms with Crippen LogP contribution in [0.15, 0.2) is 34.7 Å². The van der Waals surface area contributed by atoms with Crippen molar-refractivity contribution in [3.05, 3.63) is 51.9 Å². The van der Waals surface area contributed by atoms with E-state index in [9.17, 15) is 4.79 Å². The minimum absolute atomic E-state index is 0.181. The van der Waals surface area contributed by atoms with E-state index in [1.165, 1.54) is 0 Å². The van der Waals surface area contributed by atoms with Crippen molar-refractivity contribution in [2.24, 2.45) is 0 Å². The second-order valence-corrected chi connectivity index (χ2v) is 4.65. The molecule has 0 saturated carbocycles. The number of anilines is 1. The van der Waals surface area contributed by atoms with Gasteiger partial charge >= 0.3 is 0 Å². The van der Waals surface area contributed by atoms with E-state index in [1.54, 1.807) is 36.4 Å². The molecule has 1 aliphatic rings. The van der Waals surface area contributed by atoms with Crippen LogP contribution in [0.3, 0.4) is 0 Å². The van der Waals surface area contributed by atoms with Crippen molar-refractivity contribution in [1.29, 1.82) is 0 Å². The van der Waals surface area contributed by atoms with E-state index in [0.29, 0.717) is 22.0 Å². The van der Waals surface area contributed by atoms with E-state index in [4.69, 9.17) is 27.6 Å². The van der Waals surface area contributed by atoms with Crippen molar-refractivity contribution < 1.29 is 9.21 Å². The molecule has 5 heteroatoms. The smallest absolute Gasteiger partial charge is 0.256 e. The molecule has 18 heavy (non-hydrogen) atoms. The first-order chi connectivity index (χ1) is 8.63. The molecule has 0 aliphatic carbocycles. The first-order valence-corrected chi connectivity index (χ1v) is 5.97. The van der Waals surface area contributed by atoms with Crippen LogP contribution in [0, 0.1) is 0 Å². The Labute approximate surface area is 113 Å². The summed E-state index contributed by atoms with van der Waals surface area (Å²) in [5.74, 6) is 0.354. The van der Waals surface area contributed by atoms with Gasteiger partial charge in [0, 0.05) is 10.6 Å².